The molecule has 1 saturated carbocycles. The number of carboxylic acid groups (broad SMARTS) is 2. The fourth-order valence-electron chi connectivity index (χ4n) is 7.86. The summed E-state index contributed by atoms with van der Waals surface area (Å²) in [5.41, 5.74) is 1.43. The van der Waals surface area contributed by atoms with Crippen molar-refractivity contribution in [1.82, 2.24) is 0 Å². The van der Waals surface area contributed by atoms with Crippen molar-refractivity contribution < 1.29 is 48.8 Å². The smallest absolute Gasteiger partial charge is 0.335 e. The maximum Gasteiger partial charge on any atom is 0.335 e. The molecule has 3 aromatic carbocycles. The second-order valence-electron chi connectivity index (χ2n) is 12.2. The fourth-order valence-corrected chi connectivity index (χ4v) is 7.86. The summed E-state index contributed by atoms with van der Waals surface area (Å²) < 4.78 is 5.42. The maximum absolute atomic E-state index is 14.2. The first-order chi connectivity index (χ1) is 22.5. The molecule has 238 valence electrons. The number of carboxylic acids is 2. The molecular weight excluding hydrogens is 608 g/mol. The Bertz CT molecular complexity index is 1920. The number of hydrogen-bond acceptors (Lipinski definition) is 8. The maximum atomic E-state index is 14.2. The SMILES string of the molecule is COc1ccc(O)c([C@H]2C3=CC[C@@H]4C(=O)N(c5ccc(C(=O)O)cc5)C(=O)[C@@H]4[C@@H]3C[C@H]3C(=O)N(c4ccc(C(=O)O)cc4)C(=O)[C@@H]23)c1. The number of benzene rings is 3. The van der Waals surface area contributed by atoms with E-state index in [1.165, 1.54) is 61.7 Å². The number of rotatable bonds is 6. The molecule has 0 radical (unpaired) electrons. The molecule has 7 rings (SSSR count). The molecule has 4 amide bonds. The Kier molecular flexibility index (Phi) is 6.96. The van der Waals surface area contributed by atoms with Crippen molar-refractivity contribution in [2.45, 2.75) is 18.8 Å². The predicted octanol–water partition coefficient (Wildman–Crippen LogP) is 3.84. The minimum absolute atomic E-state index is 0.0000394. The molecule has 0 aromatic heterocycles. The highest BCUT2D eigenvalue weighted by atomic mass is 16.5. The summed E-state index contributed by atoms with van der Waals surface area (Å²) in [7, 11) is 1.46. The summed E-state index contributed by atoms with van der Waals surface area (Å²) in [6.45, 7) is 0. The summed E-state index contributed by atoms with van der Waals surface area (Å²) in [6.07, 6.45) is 2.12. The summed E-state index contributed by atoms with van der Waals surface area (Å²) in [5, 5.41) is 29.8. The van der Waals surface area contributed by atoms with Crippen LogP contribution in [0.2, 0.25) is 0 Å². The van der Waals surface area contributed by atoms with Gasteiger partial charge in [0, 0.05) is 11.5 Å². The van der Waals surface area contributed by atoms with Crippen LogP contribution in [0.25, 0.3) is 0 Å². The number of nitrogens with zero attached hydrogens (tertiary/aromatic N) is 2. The number of hydrogen-bond donors (Lipinski definition) is 3. The van der Waals surface area contributed by atoms with Gasteiger partial charge in [0.1, 0.15) is 11.5 Å². The second kappa shape index (κ2) is 10.9. The summed E-state index contributed by atoms with van der Waals surface area (Å²) in [4.78, 5) is 81.1. The molecule has 4 aliphatic rings. The van der Waals surface area contributed by atoms with Gasteiger partial charge in [-0.05, 0) is 85.5 Å². The molecule has 2 heterocycles. The third-order valence-electron chi connectivity index (χ3n) is 9.96. The molecule has 0 unspecified atom stereocenters. The number of ether oxygens (including phenoxy) is 1. The predicted molar refractivity (Wildman–Crippen MR) is 164 cm³/mol. The number of phenols is 1. The first-order valence-corrected chi connectivity index (χ1v) is 15.0. The monoisotopic (exact) mass is 636 g/mol. The number of methoxy groups -OCH3 is 1. The van der Waals surface area contributed by atoms with E-state index in [2.05, 4.69) is 0 Å². The third kappa shape index (κ3) is 4.50. The number of fused-ring (bicyclic) bond motifs is 4. The van der Waals surface area contributed by atoms with Gasteiger partial charge >= 0.3 is 11.9 Å². The summed E-state index contributed by atoms with van der Waals surface area (Å²) in [5.74, 6) is -8.91. The third-order valence-corrected chi connectivity index (χ3v) is 9.96. The lowest BCUT2D eigenvalue weighted by Gasteiger charge is -2.44. The standard InChI is InChI=1S/C35H28N2O10/c1-47-20-10-13-26(38)24(14-20)27-21-11-12-22-28(32(41)36(30(22)39)18-6-2-16(3-7-18)34(43)44)23(21)15-25-29(27)33(42)37(31(25)40)19-8-4-17(5-9-19)35(45)46/h2-11,13-14,22-23,25,27-29,38H,12,15H2,1H3,(H,43,44)(H,45,46)/t22-,23+,25+,27+,28-,29+/m0/s1. The number of carbonyl (C=O) groups excluding carboxylic acids is 4. The van der Waals surface area contributed by atoms with Gasteiger partial charge in [0.2, 0.25) is 23.6 Å². The number of phenolic OH excluding ortho intramolecular Hbond substituents is 1. The van der Waals surface area contributed by atoms with Crippen molar-refractivity contribution in [3.8, 4) is 11.5 Å². The molecule has 3 N–H and O–H groups in total. The van der Waals surface area contributed by atoms with E-state index in [1.807, 2.05) is 6.08 Å². The van der Waals surface area contributed by atoms with Gasteiger partial charge in [-0.15, -0.1) is 0 Å². The summed E-state index contributed by atoms with van der Waals surface area (Å²) in [6, 6.07) is 15.4. The van der Waals surface area contributed by atoms with Crippen molar-refractivity contribution in [3.05, 3.63) is 95.1 Å². The molecule has 3 aromatic rings. The van der Waals surface area contributed by atoms with Crippen LogP contribution in [0.5, 0.6) is 11.5 Å². The van der Waals surface area contributed by atoms with E-state index in [1.54, 1.807) is 12.1 Å². The highest BCUT2D eigenvalue weighted by Gasteiger charge is 2.62. The topological polar surface area (TPSA) is 179 Å². The van der Waals surface area contributed by atoms with Crippen LogP contribution in [0.1, 0.15) is 45.0 Å². The van der Waals surface area contributed by atoms with E-state index in [0.717, 1.165) is 9.80 Å². The first kappa shape index (κ1) is 29.9. The normalized spacial score (nSPS) is 26.4. The molecular formula is C35H28N2O10. The van der Waals surface area contributed by atoms with Crippen LogP contribution in [-0.4, -0.2) is 58.0 Å². The lowest BCUT2D eigenvalue weighted by molar-refractivity contribution is -0.126. The van der Waals surface area contributed by atoms with E-state index in [0.29, 0.717) is 16.9 Å². The molecule has 47 heavy (non-hydrogen) atoms. The van der Waals surface area contributed by atoms with Crippen LogP contribution in [0.3, 0.4) is 0 Å². The second-order valence-corrected chi connectivity index (χ2v) is 12.2. The molecule has 2 aliphatic heterocycles. The van der Waals surface area contributed by atoms with Crippen molar-refractivity contribution in [2.24, 2.45) is 29.6 Å². The van der Waals surface area contributed by atoms with Gasteiger partial charge in [-0.1, -0.05) is 11.6 Å². The van der Waals surface area contributed by atoms with Crippen LogP contribution in [0, 0.1) is 29.6 Å². The molecule has 0 spiro atoms. The highest BCUT2D eigenvalue weighted by Crippen LogP contribution is 2.59. The molecule has 12 heteroatoms. The Morgan fingerprint density at radius 2 is 1.23 bits per heavy atom. The highest BCUT2D eigenvalue weighted by molar-refractivity contribution is 6.24. The number of anilines is 2. The average Bonchev–Trinajstić information content (AvgIpc) is 3.47. The zero-order chi connectivity index (χ0) is 33.3. The Labute approximate surface area is 267 Å². The van der Waals surface area contributed by atoms with Crippen LogP contribution < -0.4 is 14.5 Å². The van der Waals surface area contributed by atoms with Gasteiger partial charge in [0.05, 0.1) is 53.3 Å². The number of allylic oxidation sites excluding steroid dienone is 2. The minimum atomic E-state index is -1.16. The Hall–Kier alpha value is -5.78. The first-order valence-electron chi connectivity index (χ1n) is 15.0. The lowest BCUT2D eigenvalue weighted by atomic mass is 9.57. The van der Waals surface area contributed by atoms with Crippen molar-refractivity contribution in [1.29, 1.82) is 0 Å². The van der Waals surface area contributed by atoms with Crippen LogP contribution in [0.4, 0.5) is 11.4 Å². The zero-order valence-electron chi connectivity index (χ0n) is 24.9. The molecule has 3 fully saturated rings. The largest absolute Gasteiger partial charge is 0.508 e. The van der Waals surface area contributed by atoms with Gasteiger partial charge in [-0.2, -0.15) is 0 Å². The number of aromatic hydroxyl groups is 1. The van der Waals surface area contributed by atoms with Crippen LogP contribution in [-0.2, 0) is 19.2 Å². The summed E-state index contributed by atoms with van der Waals surface area (Å²) >= 11 is 0. The number of carbonyl (C=O) groups is 6. The number of aromatic carboxylic acids is 2. The van der Waals surface area contributed by atoms with Gasteiger partial charge in [-0.3, -0.25) is 29.0 Å². The van der Waals surface area contributed by atoms with Gasteiger partial charge in [-0.25, -0.2) is 9.59 Å². The van der Waals surface area contributed by atoms with Gasteiger partial charge < -0.3 is 20.1 Å². The number of amides is 4. The van der Waals surface area contributed by atoms with Gasteiger partial charge in [0.25, 0.3) is 0 Å². The zero-order valence-corrected chi connectivity index (χ0v) is 24.9. The van der Waals surface area contributed by atoms with Gasteiger partial charge in [0.15, 0.2) is 0 Å². The molecule has 6 atom stereocenters. The van der Waals surface area contributed by atoms with Crippen LogP contribution >= 0.6 is 0 Å². The Morgan fingerprint density at radius 3 is 1.77 bits per heavy atom. The van der Waals surface area contributed by atoms with Crippen molar-refractivity contribution in [3.63, 3.8) is 0 Å². The minimum Gasteiger partial charge on any atom is -0.508 e. The molecule has 12 nitrogen and oxygen atoms in total. The Morgan fingerprint density at radius 1 is 0.702 bits per heavy atom. The number of imide groups is 2. The lowest BCUT2D eigenvalue weighted by Crippen LogP contribution is -2.43. The molecule has 2 aliphatic carbocycles. The Balaban J connectivity index is 1.32. The van der Waals surface area contributed by atoms with Crippen molar-refractivity contribution >= 4 is 46.9 Å². The van der Waals surface area contributed by atoms with E-state index in [9.17, 15) is 44.1 Å². The van der Waals surface area contributed by atoms with E-state index in [-0.39, 0.29) is 41.1 Å². The van der Waals surface area contributed by atoms with E-state index >= 15 is 0 Å². The van der Waals surface area contributed by atoms with E-state index in [4.69, 9.17) is 4.74 Å². The fraction of sp³-hybridized carbons (Fsp3) is 0.257. The molecule has 0 bridgehead atoms. The van der Waals surface area contributed by atoms with E-state index < -0.39 is 71.1 Å². The van der Waals surface area contributed by atoms with Crippen molar-refractivity contribution in [2.75, 3.05) is 16.9 Å². The average molecular weight is 637 g/mol. The quantitative estimate of drug-likeness (QED) is 0.266. The molecule has 2 saturated heterocycles. The van der Waals surface area contributed by atoms with Crippen LogP contribution in [0.15, 0.2) is 78.4 Å².